The number of benzene rings is 2. The Morgan fingerprint density at radius 2 is 1.68 bits per heavy atom. The first-order valence-corrected chi connectivity index (χ1v) is 9.10. The van der Waals surface area contributed by atoms with Crippen molar-refractivity contribution in [1.29, 1.82) is 0 Å². The van der Waals surface area contributed by atoms with Crippen LogP contribution < -0.4 is 25.4 Å². The van der Waals surface area contributed by atoms with E-state index in [4.69, 9.17) is 9.47 Å². The highest BCUT2D eigenvalue weighted by Gasteiger charge is 2.31. The zero-order valence-electron chi connectivity index (χ0n) is 15.0. The summed E-state index contributed by atoms with van der Waals surface area (Å²) in [5, 5.41) is 8.45. The van der Waals surface area contributed by atoms with Gasteiger partial charge in [-0.2, -0.15) is 0 Å². The predicted molar refractivity (Wildman–Crippen MR) is 101 cm³/mol. The number of amides is 3. The Hall–Kier alpha value is -3.29. The molecule has 1 aliphatic carbocycles. The third kappa shape index (κ3) is 4.16. The summed E-state index contributed by atoms with van der Waals surface area (Å²) < 4.78 is 23.5. The highest BCUT2D eigenvalue weighted by Crippen LogP contribution is 2.34. The average molecular weight is 385 g/mol. The van der Waals surface area contributed by atoms with Gasteiger partial charge >= 0.3 is 6.03 Å². The van der Waals surface area contributed by atoms with Gasteiger partial charge in [-0.15, -0.1) is 0 Å². The van der Waals surface area contributed by atoms with Gasteiger partial charge in [-0.25, -0.2) is 9.18 Å². The van der Waals surface area contributed by atoms with E-state index in [1.165, 1.54) is 24.3 Å². The lowest BCUT2D eigenvalue weighted by atomic mass is 10.1. The van der Waals surface area contributed by atoms with Crippen LogP contribution in [0.5, 0.6) is 11.5 Å². The number of carbonyl (C=O) groups excluding carboxylic acids is 2. The molecule has 146 valence electrons. The van der Waals surface area contributed by atoms with Crippen molar-refractivity contribution in [2.45, 2.75) is 25.3 Å². The standard InChI is InChI=1S/C20H20FN3O4/c21-13-2-5-14(6-3-13)22-19(25)12-1-4-15(9-12)23-20(26)24-16-7-8-17-18(10-16)28-11-27-17/h2-3,5-8,10,12,15H,1,4,9,11H2,(H,22,25)(H2,23,24,26)/t12-,15+/m1/s1. The highest BCUT2D eigenvalue weighted by atomic mass is 19.1. The Morgan fingerprint density at radius 1 is 0.929 bits per heavy atom. The minimum atomic E-state index is -0.350. The summed E-state index contributed by atoms with van der Waals surface area (Å²) in [7, 11) is 0. The van der Waals surface area contributed by atoms with Crippen molar-refractivity contribution in [2.24, 2.45) is 5.92 Å². The molecule has 0 aromatic heterocycles. The van der Waals surface area contributed by atoms with Gasteiger partial charge in [0.05, 0.1) is 0 Å². The van der Waals surface area contributed by atoms with Gasteiger partial charge in [-0.1, -0.05) is 0 Å². The molecule has 1 aliphatic heterocycles. The Labute approximate surface area is 161 Å². The molecule has 0 bridgehead atoms. The first-order valence-electron chi connectivity index (χ1n) is 9.10. The fourth-order valence-corrected chi connectivity index (χ4v) is 3.46. The molecule has 3 amide bonds. The third-order valence-corrected chi connectivity index (χ3v) is 4.88. The quantitative estimate of drug-likeness (QED) is 0.752. The van der Waals surface area contributed by atoms with Crippen molar-refractivity contribution in [3.63, 3.8) is 0 Å². The van der Waals surface area contributed by atoms with Crippen LogP contribution in [-0.2, 0) is 4.79 Å². The van der Waals surface area contributed by atoms with Crippen LogP contribution in [0.3, 0.4) is 0 Å². The first kappa shape index (κ1) is 18.1. The van der Waals surface area contributed by atoms with Gasteiger partial charge in [0.1, 0.15) is 5.82 Å². The van der Waals surface area contributed by atoms with Crippen molar-refractivity contribution in [2.75, 3.05) is 17.4 Å². The molecular formula is C20H20FN3O4. The molecule has 1 saturated carbocycles. The number of ether oxygens (including phenoxy) is 2. The molecule has 8 heteroatoms. The van der Waals surface area contributed by atoms with Crippen LogP contribution in [0, 0.1) is 11.7 Å². The van der Waals surface area contributed by atoms with E-state index in [9.17, 15) is 14.0 Å². The largest absolute Gasteiger partial charge is 0.454 e. The van der Waals surface area contributed by atoms with Gasteiger partial charge in [0.15, 0.2) is 11.5 Å². The zero-order chi connectivity index (χ0) is 19.5. The number of fused-ring (bicyclic) bond motifs is 1. The number of hydrogen-bond acceptors (Lipinski definition) is 4. The highest BCUT2D eigenvalue weighted by molar-refractivity contribution is 5.93. The first-order chi connectivity index (χ1) is 13.6. The smallest absolute Gasteiger partial charge is 0.319 e. The molecule has 2 atom stereocenters. The Balaban J connectivity index is 1.26. The number of urea groups is 1. The SMILES string of the molecule is O=C(Nc1ccc2c(c1)OCO2)N[C@H]1CC[C@@H](C(=O)Nc2ccc(F)cc2)C1. The summed E-state index contributed by atoms with van der Waals surface area (Å²) in [5.41, 5.74) is 1.16. The number of halogens is 1. The van der Waals surface area contributed by atoms with Crippen LogP contribution in [0.4, 0.5) is 20.6 Å². The van der Waals surface area contributed by atoms with Gasteiger partial charge in [0, 0.05) is 29.4 Å². The van der Waals surface area contributed by atoms with E-state index < -0.39 is 0 Å². The van der Waals surface area contributed by atoms with Crippen LogP contribution in [-0.4, -0.2) is 24.8 Å². The van der Waals surface area contributed by atoms with Crippen LogP contribution in [0.2, 0.25) is 0 Å². The maximum absolute atomic E-state index is 12.9. The molecule has 4 rings (SSSR count). The molecule has 2 aliphatic rings. The molecule has 7 nitrogen and oxygen atoms in total. The van der Waals surface area contributed by atoms with E-state index >= 15 is 0 Å². The number of anilines is 2. The summed E-state index contributed by atoms with van der Waals surface area (Å²) in [4.78, 5) is 24.6. The average Bonchev–Trinajstić information content (AvgIpc) is 3.32. The molecule has 28 heavy (non-hydrogen) atoms. The molecule has 1 heterocycles. The Bertz CT molecular complexity index is 888. The fraction of sp³-hybridized carbons (Fsp3) is 0.300. The van der Waals surface area contributed by atoms with E-state index in [-0.39, 0.29) is 36.5 Å². The fourth-order valence-electron chi connectivity index (χ4n) is 3.46. The normalized spacial score (nSPS) is 19.9. The predicted octanol–water partition coefficient (Wildman–Crippen LogP) is 3.48. The lowest BCUT2D eigenvalue weighted by Gasteiger charge is -2.14. The summed E-state index contributed by atoms with van der Waals surface area (Å²) >= 11 is 0. The third-order valence-electron chi connectivity index (χ3n) is 4.88. The van der Waals surface area contributed by atoms with E-state index in [2.05, 4.69) is 16.0 Å². The van der Waals surface area contributed by atoms with E-state index in [1.54, 1.807) is 18.2 Å². The van der Waals surface area contributed by atoms with Gasteiger partial charge in [-0.05, 0) is 55.7 Å². The van der Waals surface area contributed by atoms with Crippen molar-refractivity contribution in [1.82, 2.24) is 5.32 Å². The lowest BCUT2D eigenvalue weighted by molar-refractivity contribution is -0.119. The summed E-state index contributed by atoms with van der Waals surface area (Å²) in [5.74, 6) is 0.581. The second kappa shape index (κ2) is 7.75. The molecule has 0 radical (unpaired) electrons. The minimum Gasteiger partial charge on any atom is -0.454 e. The number of rotatable bonds is 4. The second-order valence-electron chi connectivity index (χ2n) is 6.87. The van der Waals surface area contributed by atoms with E-state index in [0.717, 1.165) is 6.42 Å². The van der Waals surface area contributed by atoms with Gasteiger partial charge in [-0.3, -0.25) is 4.79 Å². The van der Waals surface area contributed by atoms with Crippen LogP contribution in [0.15, 0.2) is 42.5 Å². The molecular weight excluding hydrogens is 365 g/mol. The molecule has 2 aromatic carbocycles. The number of nitrogens with one attached hydrogen (secondary N) is 3. The minimum absolute atomic E-state index is 0.0852. The van der Waals surface area contributed by atoms with Crippen molar-refractivity contribution >= 4 is 23.3 Å². The molecule has 0 spiro atoms. The van der Waals surface area contributed by atoms with E-state index in [0.29, 0.717) is 35.7 Å². The van der Waals surface area contributed by atoms with Crippen molar-refractivity contribution < 1.29 is 23.5 Å². The van der Waals surface area contributed by atoms with Crippen LogP contribution in [0.25, 0.3) is 0 Å². The van der Waals surface area contributed by atoms with Gasteiger partial charge in [0.2, 0.25) is 12.7 Å². The maximum atomic E-state index is 12.9. The maximum Gasteiger partial charge on any atom is 0.319 e. The van der Waals surface area contributed by atoms with Gasteiger partial charge in [0.25, 0.3) is 0 Å². The Kier molecular flexibility index (Phi) is 5.01. The van der Waals surface area contributed by atoms with E-state index in [1.807, 2.05) is 0 Å². The van der Waals surface area contributed by atoms with Crippen molar-refractivity contribution in [3.8, 4) is 11.5 Å². The Morgan fingerprint density at radius 3 is 2.50 bits per heavy atom. The van der Waals surface area contributed by atoms with Crippen LogP contribution >= 0.6 is 0 Å². The molecule has 0 unspecified atom stereocenters. The summed E-state index contributed by atoms with van der Waals surface area (Å²) in [6, 6.07) is 10.4. The number of hydrogen-bond donors (Lipinski definition) is 3. The van der Waals surface area contributed by atoms with Crippen molar-refractivity contribution in [3.05, 3.63) is 48.3 Å². The number of carbonyl (C=O) groups is 2. The lowest BCUT2D eigenvalue weighted by Crippen LogP contribution is -2.37. The molecule has 0 saturated heterocycles. The zero-order valence-corrected chi connectivity index (χ0v) is 15.0. The monoisotopic (exact) mass is 385 g/mol. The second-order valence-corrected chi connectivity index (χ2v) is 6.87. The molecule has 2 aromatic rings. The summed E-state index contributed by atoms with van der Waals surface area (Å²) in [6.07, 6.45) is 1.96. The van der Waals surface area contributed by atoms with Gasteiger partial charge < -0.3 is 25.4 Å². The van der Waals surface area contributed by atoms with Crippen LogP contribution in [0.1, 0.15) is 19.3 Å². The summed E-state index contributed by atoms with van der Waals surface area (Å²) in [6.45, 7) is 0.175. The molecule has 3 N–H and O–H groups in total. The molecule has 1 fully saturated rings. The topological polar surface area (TPSA) is 88.7 Å².